The molecular weight excluding hydrogens is 312 g/mol. The van der Waals surface area contributed by atoms with Gasteiger partial charge in [0.1, 0.15) is 19.3 Å². The molecule has 4 rings (SSSR count). The summed E-state index contributed by atoms with van der Waals surface area (Å²) in [7, 11) is -3.44. The molecule has 124 valence electrons. The molecular formula is C14H20O7S. The van der Waals surface area contributed by atoms with E-state index in [2.05, 4.69) is 0 Å². The van der Waals surface area contributed by atoms with Crippen molar-refractivity contribution in [3.05, 3.63) is 0 Å². The number of esters is 1. The number of carbonyl (C=O) groups is 1. The predicted octanol–water partition coefficient (Wildman–Crippen LogP) is 0.434. The van der Waals surface area contributed by atoms with E-state index in [4.69, 9.17) is 18.4 Å². The number of hydrogen-bond acceptors (Lipinski definition) is 7. The lowest BCUT2D eigenvalue weighted by Crippen LogP contribution is -2.41. The molecule has 4 fully saturated rings. The van der Waals surface area contributed by atoms with Gasteiger partial charge in [0.15, 0.2) is 0 Å². The van der Waals surface area contributed by atoms with Crippen LogP contribution in [0.15, 0.2) is 0 Å². The van der Waals surface area contributed by atoms with Crippen LogP contribution in [0, 0.1) is 17.8 Å². The summed E-state index contributed by atoms with van der Waals surface area (Å²) >= 11 is 0. The van der Waals surface area contributed by atoms with Crippen molar-refractivity contribution in [1.29, 1.82) is 0 Å². The van der Waals surface area contributed by atoms with Gasteiger partial charge in [-0.1, -0.05) is 13.8 Å². The highest BCUT2D eigenvalue weighted by molar-refractivity contribution is 7.87. The average molecular weight is 332 g/mol. The number of rotatable bonds is 5. The van der Waals surface area contributed by atoms with E-state index in [1.54, 1.807) is 13.8 Å². The number of ether oxygens (including phenoxy) is 3. The second-order valence-electron chi connectivity index (χ2n) is 7.03. The highest BCUT2D eigenvalue weighted by atomic mass is 32.2. The molecule has 2 bridgehead atoms. The fourth-order valence-corrected chi connectivity index (χ4v) is 5.79. The summed E-state index contributed by atoms with van der Waals surface area (Å²) in [6, 6.07) is 0. The van der Waals surface area contributed by atoms with Gasteiger partial charge in [-0.15, -0.1) is 0 Å². The van der Waals surface area contributed by atoms with Crippen molar-refractivity contribution in [3.63, 3.8) is 0 Å². The molecule has 2 aliphatic carbocycles. The molecule has 2 saturated heterocycles. The lowest BCUT2D eigenvalue weighted by Gasteiger charge is -2.28. The van der Waals surface area contributed by atoms with Gasteiger partial charge in [0.05, 0.1) is 17.3 Å². The van der Waals surface area contributed by atoms with E-state index in [9.17, 15) is 13.2 Å². The molecule has 8 heteroatoms. The molecule has 6 atom stereocenters. The molecule has 22 heavy (non-hydrogen) atoms. The highest BCUT2D eigenvalue weighted by Gasteiger charge is 2.66. The topological polar surface area (TPSA) is 91.4 Å². The maximum absolute atomic E-state index is 11.9. The molecule has 0 aromatic carbocycles. The molecule has 0 aromatic rings. The number of carbonyl (C=O) groups excluding carboxylic acids is 1. The molecule has 0 amide bonds. The van der Waals surface area contributed by atoms with E-state index in [-0.39, 0.29) is 41.7 Å². The third-order valence-corrected chi connectivity index (χ3v) is 6.91. The SMILES string of the molecule is CC(C)C(=O)OCC1(OC2C3CC4C2OS(=O)(=O)C4C3)CO1. The van der Waals surface area contributed by atoms with Gasteiger partial charge in [-0.25, -0.2) is 0 Å². The van der Waals surface area contributed by atoms with Gasteiger partial charge in [0.25, 0.3) is 10.1 Å². The van der Waals surface area contributed by atoms with Crippen molar-refractivity contribution in [3.8, 4) is 0 Å². The van der Waals surface area contributed by atoms with E-state index in [0.717, 1.165) is 6.42 Å². The summed E-state index contributed by atoms with van der Waals surface area (Å²) in [5.74, 6) is -1.20. The quantitative estimate of drug-likeness (QED) is 0.410. The Kier molecular flexibility index (Phi) is 3.15. The number of hydrogen-bond donors (Lipinski definition) is 0. The normalized spacial score (nSPS) is 47.1. The molecule has 2 saturated carbocycles. The first-order valence-corrected chi connectivity index (χ1v) is 9.19. The van der Waals surface area contributed by atoms with Crippen molar-refractivity contribution in [2.75, 3.05) is 13.2 Å². The Labute approximate surface area is 129 Å². The number of epoxide rings is 1. The first-order valence-electron chi connectivity index (χ1n) is 7.72. The molecule has 0 spiro atoms. The lowest BCUT2D eigenvalue weighted by molar-refractivity contribution is -0.176. The Bertz CT molecular complexity index is 594. The van der Waals surface area contributed by atoms with E-state index in [1.165, 1.54) is 0 Å². The fourth-order valence-electron chi connectivity index (χ4n) is 3.91. The smallest absolute Gasteiger partial charge is 0.308 e. The van der Waals surface area contributed by atoms with Crippen LogP contribution in [-0.2, 0) is 33.3 Å². The summed E-state index contributed by atoms with van der Waals surface area (Å²) in [5.41, 5.74) is 0. The molecule has 0 radical (unpaired) electrons. The second kappa shape index (κ2) is 4.66. The number of fused-ring (bicyclic) bond motifs is 1. The molecule has 4 aliphatic rings. The zero-order valence-corrected chi connectivity index (χ0v) is 13.4. The monoisotopic (exact) mass is 332 g/mol. The fraction of sp³-hybridized carbons (Fsp3) is 0.929. The summed E-state index contributed by atoms with van der Waals surface area (Å²) in [6.45, 7) is 3.92. The maximum atomic E-state index is 11.9. The molecule has 2 aliphatic heterocycles. The van der Waals surface area contributed by atoms with Crippen LogP contribution in [0.25, 0.3) is 0 Å². The van der Waals surface area contributed by atoms with Crippen molar-refractivity contribution in [2.45, 2.75) is 49.9 Å². The standard InChI is InChI=1S/C14H20O7S/c1-7(2)13(15)18-5-14(6-19-14)20-11-8-3-9-10(4-8)22(16,17)21-12(9)11/h7-12H,3-6H2,1-2H3. The van der Waals surface area contributed by atoms with Gasteiger partial charge in [0, 0.05) is 5.92 Å². The van der Waals surface area contributed by atoms with Crippen LogP contribution < -0.4 is 0 Å². The molecule has 0 aromatic heterocycles. The average Bonchev–Trinajstić information content (AvgIpc) is 2.87. The Morgan fingerprint density at radius 2 is 2.09 bits per heavy atom. The van der Waals surface area contributed by atoms with Gasteiger partial charge in [-0.2, -0.15) is 8.42 Å². The molecule has 0 N–H and O–H groups in total. The third-order valence-electron chi connectivity index (χ3n) is 5.14. The summed E-state index contributed by atoms with van der Waals surface area (Å²) < 4.78 is 45.6. The highest BCUT2D eigenvalue weighted by Crippen LogP contribution is 2.56. The van der Waals surface area contributed by atoms with Crippen LogP contribution in [0.1, 0.15) is 26.7 Å². The Balaban J connectivity index is 1.42. The van der Waals surface area contributed by atoms with E-state index in [1.807, 2.05) is 0 Å². The third kappa shape index (κ3) is 2.19. The Hall–Kier alpha value is -0.700. The Morgan fingerprint density at radius 1 is 1.36 bits per heavy atom. The molecule has 7 nitrogen and oxygen atoms in total. The van der Waals surface area contributed by atoms with E-state index in [0.29, 0.717) is 13.0 Å². The van der Waals surface area contributed by atoms with Crippen molar-refractivity contribution in [1.82, 2.24) is 0 Å². The van der Waals surface area contributed by atoms with Gasteiger partial charge in [-0.3, -0.25) is 8.98 Å². The minimum Gasteiger partial charge on any atom is -0.460 e. The van der Waals surface area contributed by atoms with Gasteiger partial charge in [-0.05, 0) is 18.8 Å². The molecule has 2 heterocycles. The van der Waals surface area contributed by atoms with Crippen LogP contribution in [0.2, 0.25) is 0 Å². The van der Waals surface area contributed by atoms with Gasteiger partial charge in [0.2, 0.25) is 5.79 Å². The second-order valence-corrected chi connectivity index (χ2v) is 8.82. The zero-order chi connectivity index (χ0) is 15.7. The minimum atomic E-state index is -3.44. The predicted molar refractivity (Wildman–Crippen MR) is 73.1 cm³/mol. The maximum Gasteiger partial charge on any atom is 0.308 e. The first kappa shape index (κ1) is 14.9. The summed E-state index contributed by atoms with van der Waals surface area (Å²) in [5, 5.41) is -0.364. The van der Waals surface area contributed by atoms with Crippen LogP contribution in [-0.4, -0.2) is 50.8 Å². The van der Waals surface area contributed by atoms with Crippen molar-refractivity contribution >= 4 is 16.1 Å². The molecule has 6 unspecified atom stereocenters. The van der Waals surface area contributed by atoms with Crippen LogP contribution in [0.3, 0.4) is 0 Å². The zero-order valence-electron chi connectivity index (χ0n) is 12.6. The largest absolute Gasteiger partial charge is 0.460 e. The van der Waals surface area contributed by atoms with Gasteiger partial charge >= 0.3 is 5.97 Å². The lowest BCUT2D eigenvalue weighted by atomic mass is 9.94. The van der Waals surface area contributed by atoms with Crippen LogP contribution >= 0.6 is 0 Å². The summed E-state index contributed by atoms with van der Waals surface area (Å²) in [6.07, 6.45) is 0.714. The summed E-state index contributed by atoms with van der Waals surface area (Å²) in [4.78, 5) is 11.6. The van der Waals surface area contributed by atoms with Crippen molar-refractivity contribution < 1.29 is 31.6 Å². The Morgan fingerprint density at radius 3 is 2.73 bits per heavy atom. The van der Waals surface area contributed by atoms with Crippen LogP contribution in [0.4, 0.5) is 0 Å². The van der Waals surface area contributed by atoms with Crippen LogP contribution in [0.5, 0.6) is 0 Å². The van der Waals surface area contributed by atoms with E-state index < -0.39 is 22.0 Å². The minimum absolute atomic E-state index is 0.0361. The first-order chi connectivity index (χ1) is 10.3. The van der Waals surface area contributed by atoms with E-state index >= 15 is 0 Å². The van der Waals surface area contributed by atoms with Crippen molar-refractivity contribution in [2.24, 2.45) is 17.8 Å². The van der Waals surface area contributed by atoms with Gasteiger partial charge < -0.3 is 14.2 Å².